The molecule has 0 aliphatic heterocycles. The van der Waals surface area contributed by atoms with Crippen molar-refractivity contribution >= 4 is 12.0 Å². The van der Waals surface area contributed by atoms with Crippen molar-refractivity contribution in [3.05, 3.63) is 0 Å². The minimum atomic E-state index is -1.43. The van der Waals surface area contributed by atoms with E-state index in [0.29, 0.717) is 5.92 Å². The largest absolute Gasteiger partial charge is 0.481 e. The molecule has 0 saturated heterocycles. The van der Waals surface area contributed by atoms with Crippen LogP contribution in [-0.4, -0.2) is 52.3 Å². The molecule has 6 heteroatoms. The van der Waals surface area contributed by atoms with E-state index in [2.05, 4.69) is 5.32 Å². The quantitative estimate of drug-likeness (QED) is 0.652. The van der Waals surface area contributed by atoms with Gasteiger partial charge in [0.25, 0.3) is 0 Å². The molecule has 1 rings (SSSR count). The zero-order valence-corrected chi connectivity index (χ0v) is 11.1. The summed E-state index contributed by atoms with van der Waals surface area (Å²) in [5.41, 5.74) is -1.43. The molecular weight excluding hydrogens is 236 g/mol. The molecule has 3 N–H and O–H groups in total. The standard InChI is InChI=1S/C12H22N2O4/c1-8(9-4-5-9)14(3)11(17)13-7-12(2,18)6-10(15)16/h8-9,18H,4-7H2,1-3H3,(H,13,17)(H,15,16). The molecule has 2 atom stereocenters. The van der Waals surface area contributed by atoms with Crippen molar-refractivity contribution in [3.8, 4) is 0 Å². The van der Waals surface area contributed by atoms with Crippen LogP contribution in [0.25, 0.3) is 0 Å². The van der Waals surface area contributed by atoms with Gasteiger partial charge in [0, 0.05) is 19.6 Å². The predicted octanol–water partition coefficient (Wildman–Crippen LogP) is 0.652. The van der Waals surface area contributed by atoms with Gasteiger partial charge in [-0.05, 0) is 32.6 Å². The van der Waals surface area contributed by atoms with Crippen LogP contribution < -0.4 is 5.32 Å². The Bertz CT molecular complexity index is 326. The smallest absolute Gasteiger partial charge is 0.317 e. The number of aliphatic carboxylic acids is 1. The van der Waals surface area contributed by atoms with Crippen molar-refractivity contribution in [1.29, 1.82) is 0 Å². The van der Waals surface area contributed by atoms with Gasteiger partial charge in [-0.15, -0.1) is 0 Å². The lowest BCUT2D eigenvalue weighted by Gasteiger charge is -2.28. The highest BCUT2D eigenvalue weighted by molar-refractivity contribution is 5.74. The number of hydrogen-bond donors (Lipinski definition) is 3. The van der Waals surface area contributed by atoms with Crippen LogP contribution in [0.15, 0.2) is 0 Å². The molecule has 0 heterocycles. The maximum atomic E-state index is 11.8. The molecular formula is C12H22N2O4. The first-order valence-corrected chi connectivity index (χ1v) is 6.18. The first-order valence-electron chi connectivity index (χ1n) is 6.18. The highest BCUT2D eigenvalue weighted by Gasteiger charge is 2.33. The second-order valence-corrected chi connectivity index (χ2v) is 5.42. The highest BCUT2D eigenvalue weighted by atomic mass is 16.4. The van der Waals surface area contributed by atoms with Crippen molar-refractivity contribution in [1.82, 2.24) is 10.2 Å². The van der Waals surface area contributed by atoms with Gasteiger partial charge in [-0.1, -0.05) is 0 Å². The Kier molecular flexibility index (Phi) is 4.56. The summed E-state index contributed by atoms with van der Waals surface area (Å²) in [5, 5.41) is 20.9. The Labute approximate surface area is 107 Å². The monoisotopic (exact) mass is 258 g/mol. The van der Waals surface area contributed by atoms with Crippen molar-refractivity contribution < 1.29 is 19.8 Å². The Morgan fingerprint density at radius 3 is 2.50 bits per heavy atom. The minimum Gasteiger partial charge on any atom is -0.481 e. The molecule has 0 aromatic carbocycles. The molecule has 2 unspecified atom stereocenters. The molecule has 0 bridgehead atoms. The van der Waals surface area contributed by atoms with Crippen LogP contribution in [0.5, 0.6) is 0 Å². The molecule has 6 nitrogen and oxygen atoms in total. The van der Waals surface area contributed by atoms with Crippen molar-refractivity contribution in [2.75, 3.05) is 13.6 Å². The first-order chi connectivity index (χ1) is 8.23. The topological polar surface area (TPSA) is 89.9 Å². The van der Waals surface area contributed by atoms with Crippen LogP contribution in [0.4, 0.5) is 4.79 Å². The Hall–Kier alpha value is -1.30. The normalized spacial score (nSPS) is 19.8. The summed E-state index contributed by atoms with van der Waals surface area (Å²) in [6.07, 6.45) is 1.90. The summed E-state index contributed by atoms with van der Waals surface area (Å²) in [4.78, 5) is 23.9. The van der Waals surface area contributed by atoms with Crippen LogP contribution in [-0.2, 0) is 4.79 Å². The number of aliphatic hydroxyl groups is 1. The second-order valence-electron chi connectivity index (χ2n) is 5.42. The second kappa shape index (κ2) is 5.56. The maximum absolute atomic E-state index is 11.8. The fourth-order valence-electron chi connectivity index (χ4n) is 1.86. The molecule has 1 aliphatic rings. The summed E-state index contributed by atoms with van der Waals surface area (Å²) < 4.78 is 0. The van der Waals surface area contributed by atoms with Gasteiger partial charge in [0.15, 0.2) is 0 Å². The number of urea groups is 1. The van der Waals surface area contributed by atoms with Gasteiger partial charge < -0.3 is 20.4 Å². The lowest BCUT2D eigenvalue weighted by Crippen LogP contribution is -2.48. The number of carbonyl (C=O) groups excluding carboxylic acids is 1. The molecule has 0 spiro atoms. The van der Waals surface area contributed by atoms with E-state index in [0.717, 1.165) is 12.8 Å². The number of carboxylic acids is 1. The van der Waals surface area contributed by atoms with Crippen LogP contribution in [0.2, 0.25) is 0 Å². The molecule has 104 valence electrons. The van der Waals surface area contributed by atoms with E-state index in [9.17, 15) is 14.7 Å². The number of carbonyl (C=O) groups is 2. The fraction of sp³-hybridized carbons (Fsp3) is 0.833. The Morgan fingerprint density at radius 1 is 1.50 bits per heavy atom. The number of nitrogens with zero attached hydrogens (tertiary/aromatic N) is 1. The molecule has 1 aliphatic carbocycles. The van der Waals surface area contributed by atoms with Gasteiger partial charge in [-0.25, -0.2) is 4.79 Å². The predicted molar refractivity (Wildman–Crippen MR) is 66.2 cm³/mol. The summed E-state index contributed by atoms with van der Waals surface area (Å²) in [5.74, 6) is -0.519. The summed E-state index contributed by atoms with van der Waals surface area (Å²) >= 11 is 0. The zero-order valence-electron chi connectivity index (χ0n) is 11.1. The summed E-state index contributed by atoms with van der Waals surface area (Å²) in [6, 6.07) is -0.102. The molecule has 18 heavy (non-hydrogen) atoms. The van der Waals surface area contributed by atoms with E-state index in [4.69, 9.17) is 5.11 Å². The average Bonchev–Trinajstić information content (AvgIpc) is 3.05. The molecule has 2 amide bonds. The summed E-state index contributed by atoms with van der Waals surface area (Å²) in [6.45, 7) is 3.32. The molecule has 1 fully saturated rings. The third-order valence-electron chi connectivity index (χ3n) is 3.39. The highest BCUT2D eigenvalue weighted by Crippen LogP contribution is 2.34. The average molecular weight is 258 g/mol. The van der Waals surface area contributed by atoms with E-state index in [1.54, 1.807) is 11.9 Å². The van der Waals surface area contributed by atoms with E-state index in [1.807, 2.05) is 6.92 Å². The van der Waals surface area contributed by atoms with E-state index in [1.165, 1.54) is 6.92 Å². The van der Waals surface area contributed by atoms with Crippen LogP contribution in [0, 0.1) is 5.92 Å². The van der Waals surface area contributed by atoms with Gasteiger partial charge in [-0.2, -0.15) is 0 Å². The fourth-order valence-corrected chi connectivity index (χ4v) is 1.86. The van der Waals surface area contributed by atoms with Crippen LogP contribution in [0.3, 0.4) is 0 Å². The van der Waals surface area contributed by atoms with E-state index < -0.39 is 18.0 Å². The molecule has 1 saturated carbocycles. The molecule has 0 radical (unpaired) electrons. The molecule has 0 aromatic heterocycles. The van der Waals surface area contributed by atoms with Gasteiger partial charge in [0.1, 0.15) is 0 Å². The number of hydrogen-bond acceptors (Lipinski definition) is 3. The van der Waals surface area contributed by atoms with E-state index in [-0.39, 0.29) is 18.6 Å². The summed E-state index contributed by atoms with van der Waals surface area (Å²) in [7, 11) is 1.71. The van der Waals surface area contributed by atoms with Gasteiger partial charge in [0.05, 0.1) is 12.0 Å². The van der Waals surface area contributed by atoms with Crippen molar-refractivity contribution in [2.24, 2.45) is 5.92 Å². The first kappa shape index (κ1) is 14.8. The van der Waals surface area contributed by atoms with Crippen molar-refractivity contribution in [3.63, 3.8) is 0 Å². The Morgan fingerprint density at radius 2 is 2.06 bits per heavy atom. The van der Waals surface area contributed by atoms with Crippen LogP contribution >= 0.6 is 0 Å². The maximum Gasteiger partial charge on any atom is 0.317 e. The van der Waals surface area contributed by atoms with E-state index >= 15 is 0 Å². The number of amides is 2. The SMILES string of the molecule is CC(C1CC1)N(C)C(=O)NCC(C)(O)CC(=O)O. The number of carboxylic acid groups (broad SMARTS) is 1. The lowest BCUT2D eigenvalue weighted by molar-refractivity contribution is -0.141. The minimum absolute atomic E-state index is 0.0696. The van der Waals surface area contributed by atoms with Gasteiger partial charge >= 0.3 is 12.0 Å². The van der Waals surface area contributed by atoms with Gasteiger partial charge in [0.2, 0.25) is 0 Å². The van der Waals surface area contributed by atoms with Gasteiger partial charge in [-0.3, -0.25) is 4.79 Å². The lowest BCUT2D eigenvalue weighted by atomic mass is 10.0. The third-order valence-corrected chi connectivity index (χ3v) is 3.39. The van der Waals surface area contributed by atoms with Crippen molar-refractivity contribution in [2.45, 2.75) is 44.8 Å². The molecule has 0 aromatic rings. The zero-order chi connectivity index (χ0) is 13.9. The number of nitrogens with one attached hydrogen (secondary N) is 1. The third kappa shape index (κ3) is 4.52. The van der Waals surface area contributed by atoms with Crippen LogP contribution in [0.1, 0.15) is 33.1 Å². The number of rotatable bonds is 6. The Balaban J connectivity index is 2.37.